The third-order valence-corrected chi connectivity index (χ3v) is 3.80. The minimum atomic E-state index is -0.463. The average molecular weight is 368 g/mol. The van der Waals surface area contributed by atoms with Gasteiger partial charge in [0.1, 0.15) is 12.4 Å². The Morgan fingerprint density at radius 1 is 1.52 bits per heavy atom. The van der Waals surface area contributed by atoms with Gasteiger partial charge in [-0.05, 0) is 13.0 Å². The van der Waals surface area contributed by atoms with Crippen LogP contribution < -0.4 is 5.32 Å². The van der Waals surface area contributed by atoms with E-state index >= 15 is 0 Å². The molecule has 0 atom stereocenters. The van der Waals surface area contributed by atoms with Crippen LogP contribution in [-0.2, 0) is 20.1 Å². The molecule has 0 aliphatic rings. The van der Waals surface area contributed by atoms with Gasteiger partial charge in [0.15, 0.2) is 5.96 Å². The van der Waals surface area contributed by atoms with E-state index in [0.29, 0.717) is 24.7 Å². The lowest BCUT2D eigenvalue weighted by Crippen LogP contribution is -2.39. The molecular formula is C15H22ClN7O2. The standard InChI is InChI=1S/C15H22ClN7O2/c1-4-17-15(21(3)10-13-7-12(16)9-20(13)2)18-5-6-22-11-14(8-19-22)23(24)25/h7-9,11H,4-6,10H2,1-3H3,(H,17,18). The lowest BCUT2D eigenvalue weighted by molar-refractivity contribution is -0.385. The molecule has 10 heteroatoms. The normalized spacial score (nSPS) is 11.6. The van der Waals surface area contributed by atoms with Crippen LogP contribution >= 0.6 is 11.6 Å². The molecule has 0 spiro atoms. The summed E-state index contributed by atoms with van der Waals surface area (Å²) in [6, 6.07) is 1.92. The third kappa shape index (κ3) is 5.21. The maximum Gasteiger partial charge on any atom is 0.306 e. The van der Waals surface area contributed by atoms with E-state index in [0.717, 1.165) is 18.2 Å². The fourth-order valence-electron chi connectivity index (χ4n) is 2.34. The number of hydrogen-bond donors (Lipinski definition) is 1. The van der Waals surface area contributed by atoms with Crippen molar-refractivity contribution in [3.05, 3.63) is 45.5 Å². The quantitative estimate of drug-likeness (QED) is 0.349. The summed E-state index contributed by atoms with van der Waals surface area (Å²) in [5.41, 5.74) is 1.05. The predicted molar refractivity (Wildman–Crippen MR) is 96.8 cm³/mol. The highest BCUT2D eigenvalue weighted by Gasteiger charge is 2.11. The number of nitrogens with zero attached hydrogens (tertiary/aromatic N) is 6. The Balaban J connectivity index is 1.98. The Labute approximate surface area is 151 Å². The number of guanidine groups is 1. The average Bonchev–Trinajstić information content (AvgIpc) is 3.13. The van der Waals surface area contributed by atoms with Crippen LogP contribution in [0.15, 0.2) is 29.6 Å². The lowest BCUT2D eigenvalue weighted by atomic mass is 10.4. The van der Waals surface area contributed by atoms with Gasteiger partial charge in [-0.25, -0.2) is 0 Å². The van der Waals surface area contributed by atoms with Gasteiger partial charge in [0.25, 0.3) is 0 Å². The number of nitrogens with one attached hydrogen (secondary N) is 1. The first-order valence-corrected chi connectivity index (χ1v) is 8.25. The van der Waals surface area contributed by atoms with Crippen molar-refractivity contribution < 1.29 is 4.92 Å². The summed E-state index contributed by atoms with van der Waals surface area (Å²) in [7, 11) is 3.89. The topological polar surface area (TPSA) is 93.5 Å². The van der Waals surface area contributed by atoms with Crippen molar-refractivity contribution in [1.82, 2.24) is 24.6 Å². The van der Waals surface area contributed by atoms with Crippen molar-refractivity contribution in [2.75, 3.05) is 20.1 Å². The molecule has 0 amide bonds. The molecule has 0 bridgehead atoms. The second-order valence-corrected chi connectivity index (χ2v) is 6.01. The van der Waals surface area contributed by atoms with Gasteiger partial charge in [-0.3, -0.25) is 19.8 Å². The van der Waals surface area contributed by atoms with Gasteiger partial charge < -0.3 is 14.8 Å². The third-order valence-electron chi connectivity index (χ3n) is 3.59. The van der Waals surface area contributed by atoms with E-state index in [9.17, 15) is 10.1 Å². The molecule has 0 saturated carbocycles. The number of rotatable bonds is 7. The van der Waals surface area contributed by atoms with Crippen molar-refractivity contribution in [2.24, 2.45) is 12.0 Å². The SMILES string of the molecule is CCNC(=NCCn1cc([N+](=O)[O-])cn1)N(C)Cc1cc(Cl)cn1C. The lowest BCUT2D eigenvalue weighted by Gasteiger charge is -2.22. The van der Waals surface area contributed by atoms with Crippen molar-refractivity contribution in [3.63, 3.8) is 0 Å². The molecule has 0 fully saturated rings. The first-order valence-electron chi connectivity index (χ1n) is 7.87. The maximum atomic E-state index is 10.7. The summed E-state index contributed by atoms with van der Waals surface area (Å²) < 4.78 is 3.49. The zero-order valence-electron chi connectivity index (χ0n) is 14.5. The highest BCUT2D eigenvalue weighted by atomic mass is 35.5. The Kier molecular flexibility index (Phi) is 6.40. The Morgan fingerprint density at radius 2 is 2.28 bits per heavy atom. The minimum absolute atomic E-state index is 0.0198. The van der Waals surface area contributed by atoms with Crippen LogP contribution in [0.3, 0.4) is 0 Å². The monoisotopic (exact) mass is 367 g/mol. The minimum Gasteiger partial charge on any atom is -0.357 e. The molecule has 1 N–H and O–H groups in total. The zero-order valence-corrected chi connectivity index (χ0v) is 15.3. The number of aryl methyl sites for hydroxylation is 1. The summed E-state index contributed by atoms with van der Waals surface area (Å²) in [5.74, 6) is 0.751. The molecule has 2 aromatic rings. The van der Waals surface area contributed by atoms with Crippen molar-refractivity contribution in [2.45, 2.75) is 20.0 Å². The molecule has 2 rings (SSSR count). The highest BCUT2D eigenvalue weighted by Crippen LogP contribution is 2.14. The van der Waals surface area contributed by atoms with Gasteiger partial charge in [0, 0.05) is 32.5 Å². The number of aromatic nitrogens is 3. The fourth-order valence-corrected chi connectivity index (χ4v) is 2.61. The molecule has 0 radical (unpaired) electrons. The molecule has 2 heterocycles. The predicted octanol–water partition coefficient (Wildman–Crippen LogP) is 1.88. The van der Waals surface area contributed by atoms with Crippen LogP contribution in [0, 0.1) is 10.1 Å². The molecule has 0 aromatic carbocycles. The number of hydrogen-bond acceptors (Lipinski definition) is 4. The molecule has 0 aliphatic carbocycles. The smallest absolute Gasteiger partial charge is 0.306 e. The number of halogens is 1. The van der Waals surface area contributed by atoms with Crippen LogP contribution in [0.4, 0.5) is 5.69 Å². The van der Waals surface area contributed by atoms with Crippen molar-refractivity contribution in [3.8, 4) is 0 Å². The van der Waals surface area contributed by atoms with Gasteiger partial charge in [0.05, 0.1) is 29.6 Å². The second-order valence-electron chi connectivity index (χ2n) is 5.57. The van der Waals surface area contributed by atoms with E-state index in [1.165, 1.54) is 17.1 Å². The molecule has 0 saturated heterocycles. The van der Waals surface area contributed by atoms with Gasteiger partial charge in [-0.1, -0.05) is 11.6 Å². The Hall–Kier alpha value is -2.55. The summed E-state index contributed by atoms with van der Waals surface area (Å²) >= 11 is 6.02. The Bertz CT molecular complexity index is 753. The highest BCUT2D eigenvalue weighted by molar-refractivity contribution is 6.30. The maximum absolute atomic E-state index is 10.7. The summed E-state index contributed by atoms with van der Waals surface area (Å²) in [6.07, 6.45) is 4.50. The van der Waals surface area contributed by atoms with E-state index in [1.54, 1.807) is 0 Å². The van der Waals surface area contributed by atoms with Crippen LogP contribution in [0.5, 0.6) is 0 Å². The first kappa shape index (κ1) is 18.8. The van der Waals surface area contributed by atoms with Gasteiger partial charge in [-0.15, -0.1) is 0 Å². The summed E-state index contributed by atoms with van der Waals surface area (Å²) in [5, 5.41) is 18.6. The first-order chi connectivity index (χ1) is 11.9. The second kappa shape index (κ2) is 8.52. The van der Waals surface area contributed by atoms with Gasteiger partial charge in [-0.2, -0.15) is 5.10 Å². The molecule has 0 unspecified atom stereocenters. The molecule has 0 aliphatic heterocycles. The molecule has 2 aromatic heterocycles. The van der Waals surface area contributed by atoms with Crippen LogP contribution in [0.2, 0.25) is 5.02 Å². The van der Waals surface area contributed by atoms with E-state index in [1.807, 2.05) is 42.7 Å². The van der Waals surface area contributed by atoms with Crippen LogP contribution in [0.1, 0.15) is 12.6 Å². The molecule has 25 heavy (non-hydrogen) atoms. The van der Waals surface area contributed by atoms with Gasteiger partial charge in [0.2, 0.25) is 0 Å². The largest absolute Gasteiger partial charge is 0.357 e. The van der Waals surface area contributed by atoms with E-state index in [4.69, 9.17) is 11.6 Å². The number of aliphatic imine (C=N–C) groups is 1. The number of nitro groups is 1. The van der Waals surface area contributed by atoms with E-state index in [2.05, 4.69) is 15.4 Å². The van der Waals surface area contributed by atoms with Gasteiger partial charge >= 0.3 is 5.69 Å². The fraction of sp³-hybridized carbons (Fsp3) is 0.467. The summed E-state index contributed by atoms with van der Waals surface area (Å²) in [6.45, 7) is 4.32. The van der Waals surface area contributed by atoms with Crippen molar-refractivity contribution in [1.29, 1.82) is 0 Å². The van der Waals surface area contributed by atoms with Crippen molar-refractivity contribution >= 4 is 23.2 Å². The van der Waals surface area contributed by atoms with Crippen LogP contribution in [0.25, 0.3) is 0 Å². The summed E-state index contributed by atoms with van der Waals surface area (Å²) in [4.78, 5) is 16.8. The molecular weight excluding hydrogens is 346 g/mol. The van der Waals surface area contributed by atoms with E-state index < -0.39 is 4.92 Å². The Morgan fingerprint density at radius 3 is 2.84 bits per heavy atom. The van der Waals surface area contributed by atoms with Crippen LogP contribution in [-0.4, -0.2) is 50.3 Å². The molecule has 9 nitrogen and oxygen atoms in total. The zero-order chi connectivity index (χ0) is 18.4. The van der Waals surface area contributed by atoms with E-state index in [-0.39, 0.29) is 5.69 Å². The molecule has 136 valence electrons.